The fourth-order valence-corrected chi connectivity index (χ4v) is 4.02. The molecule has 0 saturated heterocycles. The molecular weight excluding hydrogens is 332 g/mol. The third kappa shape index (κ3) is 3.55. The maximum atomic E-state index is 12.2. The van der Waals surface area contributed by atoms with Crippen molar-refractivity contribution in [1.82, 2.24) is 4.72 Å². The van der Waals surface area contributed by atoms with E-state index in [1.165, 1.54) is 19.1 Å². The lowest BCUT2D eigenvalue weighted by atomic mass is 10.3. The van der Waals surface area contributed by atoms with Crippen LogP contribution in [-0.4, -0.2) is 25.2 Å². The summed E-state index contributed by atoms with van der Waals surface area (Å²) in [5.41, 5.74) is 0.253. The summed E-state index contributed by atoms with van der Waals surface area (Å²) in [6.07, 6.45) is 1.70. The number of hydrogen-bond donors (Lipinski definition) is 2. The molecule has 0 unspecified atom stereocenters. The second kappa shape index (κ2) is 5.22. The van der Waals surface area contributed by atoms with Crippen LogP contribution < -0.4 is 10.0 Å². The summed E-state index contributed by atoms with van der Waals surface area (Å²) in [5.74, 6) is -0.190. The van der Waals surface area contributed by atoms with Gasteiger partial charge < -0.3 is 5.32 Å². The minimum atomic E-state index is -3.51. The van der Waals surface area contributed by atoms with Gasteiger partial charge in [-0.25, -0.2) is 13.1 Å². The van der Waals surface area contributed by atoms with Crippen LogP contribution in [0.25, 0.3) is 0 Å². The summed E-state index contributed by atoms with van der Waals surface area (Å²) >= 11 is 3.32. The largest absolute Gasteiger partial charge is 0.326 e. The van der Waals surface area contributed by atoms with Gasteiger partial charge >= 0.3 is 0 Å². The average molecular weight is 347 g/mol. The number of halogens is 1. The number of carbonyl (C=O) groups is 1. The van der Waals surface area contributed by atoms with Gasteiger partial charge in [0.05, 0.1) is 4.90 Å². The molecule has 1 saturated carbocycles. The van der Waals surface area contributed by atoms with Crippen molar-refractivity contribution in [3.05, 3.63) is 24.3 Å². The predicted molar refractivity (Wildman–Crippen MR) is 76.8 cm³/mol. The lowest BCUT2D eigenvalue weighted by molar-refractivity contribution is -0.114. The minimum absolute atomic E-state index is 0.190. The molecule has 104 valence electrons. The predicted octanol–water partition coefficient (Wildman–Crippen LogP) is 1.85. The van der Waals surface area contributed by atoms with Crippen LogP contribution in [0.5, 0.6) is 0 Å². The van der Waals surface area contributed by atoms with Gasteiger partial charge in [-0.3, -0.25) is 4.79 Å². The Labute approximate surface area is 121 Å². The van der Waals surface area contributed by atoms with Crippen LogP contribution in [0.15, 0.2) is 29.2 Å². The third-order valence-electron chi connectivity index (χ3n) is 2.95. The molecule has 1 aromatic carbocycles. The van der Waals surface area contributed by atoms with Crippen molar-refractivity contribution in [2.24, 2.45) is 0 Å². The molecule has 1 aliphatic rings. The number of carbonyl (C=O) groups excluding carboxylic acids is 1. The highest BCUT2D eigenvalue weighted by Crippen LogP contribution is 2.38. The first-order valence-electron chi connectivity index (χ1n) is 5.84. The lowest BCUT2D eigenvalue weighted by Crippen LogP contribution is -2.37. The molecule has 0 atom stereocenters. The van der Waals surface area contributed by atoms with E-state index in [0.717, 1.165) is 12.8 Å². The number of amides is 1. The average Bonchev–Trinajstić information content (AvgIpc) is 3.09. The molecule has 1 fully saturated rings. The van der Waals surface area contributed by atoms with E-state index in [0.29, 0.717) is 11.0 Å². The molecule has 0 bridgehead atoms. The normalized spacial score (nSPS) is 16.9. The highest BCUT2D eigenvalue weighted by atomic mass is 79.9. The third-order valence-corrected chi connectivity index (χ3v) is 5.61. The number of rotatable bonds is 5. The van der Waals surface area contributed by atoms with E-state index in [2.05, 4.69) is 26.0 Å². The Kier molecular flexibility index (Phi) is 3.98. The van der Waals surface area contributed by atoms with Crippen LogP contribution in [0.2, 0.25) is 0 Å². The SMILES string of the molecule is CC(=O)Nc1ccc(S(=O)(=O)NC2(CBr)CC2)cc1. The Hall–Kier alpha value is -0.920. The second-order valence-corrected chi connectivity index (χ2v) is 6.97. The molecule has 0 aliphatic heterocycles. The summed E-state index contributed by atoms with van der Waals surface area (Å²) in [5, 5.41) is 3.21. The fourth-order valence-electron chi connectivity index (χ4n) is 1.68. The molecule has 0 radical (unpaired) electrons. The lowest BCUT2D eigenvalue weighted by Gasteiger charge is -2.14. The summed E-state index contributed by atoms with van der Waals surface area (Å²) in [7, 11) is -3.51. The van der Waals surface area contributed by atoms with E-state index in [9.17, 15) is 13.2 Å². The zero-order valence-corrected chi connectivity index (χ0v) is 12.8. The van der Waals surface area contributed by atoms with Gasteiger partial charge in [0.2, 0.25) is 15.9 Å². The number of benzene rings is 1. The van der Waals surface area contributed by atoms with Crippen molar-refractivity contribution in [2.75, 3.05) is 10.6 Å². The zero-order chi connectivity index (χ0) is 14.1. The molecule has 5 nitrogen and oxygen atoms in total. The molecular formula is C12H15BrN2O3S. The van der Waals surface area contributed by atoms with Gasteiger partial charge in [0.1, 0.15) is 0 Å². The van der Waals surface area contributed by atoms with Crippen molar-refractivity contribution in [1.29, 1.82) is 0 Å². The van der Waals surface area contributed by atoms with Crippen LogP contribution in [0.4, 0.5) is 5.69 Å². The molecule has 2 N–H and O–H groups in total. The van der Waals surface area contributed by atoms with Crippen molar-refractivity contribution < 1.29 is 13.2 Å². The first kappa shape index (κ1) is 14.5. The van der Waals surface area contributed by atoms with Crippen molar-refractivity contribution in [2.45, 2.75) is 30.2 Å². The number of alkyl halides is 1. The van der Waals surface area contributed by atoms with Gasteiger partial charge in [0.25, 0.3) is 0 Å². The van der Waals surface area contributed by atoms with Crippen LogP contribution in [0.1, 0.15) is 19.8 Å². The maximum absolute atomic E-state index is 12.2. The smallest absolute Gasteiger partial charge is 0.241 e. The second-order valence-electron chi connectivity index (χ2n) is 4.73. The summed E-state index contributed by atoms with van der Waals surface area (Å²) < 4.78 is 27.0. The highest BCUT2D eigenvalue weighted by Gasteiger charge is 2.45. The maximum Gasteiger partial charge on any atom is 0.241 e. The highest BCUT2D eigenvalue weighted by molar-refractivity contribution is 9.09. The van der Waals surface area contributed by atoms with Gasteiger partial charge in [-0.1, -0.05) is 15.9 Å². The number of nitrogens with one attached hydrogen (secondary N) is 2. The van der Waals surface area contributed by atoms with Gasteiger partial charge in [-0.2, -0.15) is 0 Å². The van der Waals surface area contributed by atoms with Crippen molar-refractivity contribution in [3.63, 3.8) is 0 Å². The number of hydrogen-bond acceptors (Lipinski definition) is 3. The van der Waals surface area contributed by atoms with Crippen LogP contribution >= 0.6 is 15.9 Å². The standard InChI is InChI=1S/C12H15BrN2O3S/c1-9(16)14-10-2-4-11(5-3-10)19(17,18)15-12(8-13)6-7-12/h2-5,15H,6-8H2,1H3,(H,14,16). The van der Waals surface area contributed by atoms with Crippen LogP contribution in [0.3, 0.4) is 0 Å². The fraction of sp³-hybridized carbons (Fsp3) is 0.417. The quantitative estimate of drug-likeness (QED) is 0.799. The van der Waals surface area contributed by atoms with Crippen molar-refractivity contribution in [3.8, 4) is 0 Å². The van der Waals surface area contributed by atoms with E-state index in [-0.39, 0.29) is 16.3 Å². The van der Waals surface area contributed by atoms with Crippen LogP contribution in [-0.2, 0) is 14.8 Å². The molecule has 1 aromatic rings. The molecule has 1 amide bonds. The molecule has 19 heavy (non-hydrogen) atoms. The number of sulfonamides is 1. The Bertz CT molecular complexity index is 579. The Morgan fingerprint density at radius 1 is 1.32 bits per heavy atom. The Morgan fingerprint density at radius 3 is 2.32 bits per heavy atom. The van der Waals surface area contributed by atoms with Gasteiger partial charge in [0, 0.05) is 23.5 Å². The van der Waals surface area contributed by atoms with Crippen molar-refractivity contribution >= 4 is 37.5 Å². The molecule has 0 heterocycles. The molecule has 0 aromatic heterocycles. The van der Waals surface area contributed by atoms with Gasteiger partial charge in [-0.05, 0) is 37.1 Å². The topological polar surface area (TPSA) is 75.3 Å². The van der Waals surface area contributed by atoms with Gasteiger partial charge in [-0.15, -0.1) is 0 Å². The Balaban J connectivity index is 2.14. The number of anilines is 1. The Morgan fingerprint density at radius 2 is 1.89 bits per heavy atom. The van der Waals surface area contributed by atoms with Crippen LogP contribution in [0, 0.1) is 0 Å². The monoisotopic (exact) mass is 346 g/mol. The minimum Gasteiger partial charge on any atom is -0.326 e. The molecule has 0 spiro atoms. The summed E-state index contributed by atoms with van der Waals surface area (Å²) in [6, 6.07) is 6.11. The molecule has 7 heteroatoms. The zero-order valence-electron chi connectivity index (χ0n) is 10.4. The van der Waals surface area contributed by atoms with E-state index >= 15 is 0 Å². The van der Waals surface area contributed by atoms with E-state index in [4.69, 9.17) is 0 Å². The summed E-state index contributed by atoms with van der Waals surface area (Å²) in [6.45, 7) is 1.40. The molecule has 2 rings (SSSR count). The summed E-state index contributed by atoms with van der Waals surface area (Å²) in [4.78, 5) is 11.1. The molecule has 1 aliphatic carbocycles. The first-order valence-corrected chi connectivity index (χ1v) is 8.45. The van der Waals surface area contributed by atoms with E-state index in [1.54, 1.807) is 12.1 Å². The first-order chi connectivity index (χ1) is 8.87. The van der Waals surface area contributed by atoms with Gasteiger partial charge in [0.15, 0.2) is 0 Å². The van der Waals surface area contributed by atoms with E-state index < -0.39 is 10.0 Å². The van der Waals surface area contributed by atoms with E-state index in [1.807, 2.05) is 0 Å².